The van der Waals surface area contributed by atoms with Gasteiger partial charge in [0.2, 0.25) is 0 Å². The zero-order valence-electron chi connectivity index (χ0n) is 10.7. The van der Waals surface area contributed by atoms with Gasteiger partial charge in [-0.2, -0.15) is 0 Å². The molecule has 1 aliphatic heterocycles. The van der Waals surface area contributed by atoms with Crippen LogP contribution in [0.4, 0.5) is 0 Å². The van der Waals surface area contributed by atoms with Crippen molar-refractivity contribution in [2.45, 2.75) is 38.8 Å². The fourth-order valence-electron chi connectivity index (χ4n) is 2.18. The van der Waals surface area contributed by atoms with E-state index in [-0.39, 0.29) is 0 Å². The summed E-state index contributed by atoms with van der Waals surface area (Å²) < 4.78 is 0. The van der Waals surface area contributed by atoms with Crippen LogP contribution in [0.5, 0.6) is 0 Å². The smallest absolute Gasteiger partial charge is 0.0229 e. The molecule has 0 aromatic heterocycles. The molecule has 0 aliphatic carbocycles. The lowest BCUT2D eigenvalue weighted by molar-refractivity contribution is 0.242. The molecule has 1 aliphatic rings. The van der Waals surface area contributed by atoms with E-state index in [1.54, 1.807) is 0 Å². The molecule has 0 aromatic rings. The molecule has 3 unspecified atom stereocenters. The zero-order chi connectivity index (χ0) is 11.4. The predicted octanol–water partition coefficient (Wildman–Crippen LogP) is 0.996. The van der Waals surface area contributed by atoms with Crippen molar-refractivity contribution in [2.24, 2.45) is 11.7 Å². The Morgan fingerprint density at radius 1 is 1.47 bits per heavy atom. The van der Waals surface area contributed by atoms with Crippen LogP contribution in [0.25, 0.3) is 0 Å². The molecule has 1 heterocycles. The second-order valence-electron chi connectivity index (χ2n) is 5.22. The van der Waals surface area contributed by atoms with Crippen molar-refractivity contribution in [3.05, 3.63) is 0 Å². The van der Waals surface area contributed by atoms with Gasteiger partial charge in [0, 0.05) is 25.2 Å². The molecule has 0 radical (unpaired) electrons. The number of likely N-dealkylation sites (tertiary alicyclic amines) is 1. The number of rotatable bonds is 5. The first-order valence-electron chi connectivity index (χ1n) is 6.19. The summed E-state index contributed by atoms with van der Waals surface area (Å²) in [6.45, 7) is 7.95. The fraction of sp³-hybridized carbons (Fsp3) is 1.00. The standard InChI is InChI=1S/C12H27N3/c1-5-10(2)12(13)9-15-7-6-11(8-15)14(3)4/h10-12H,5-9,13H2,1-4H3. The zero-order valence-corrected chi connectivity index (χ0v) is 10.7. The van der Waals surface area contributed by atoms with Gasteiger partial charge in [0.15, 0.2) is 0 Å². The lowest BCUT2D eigenvalue weighted by Crippen LogP contribution is -2.41. The molecule has 0 spiro atoms. The Hall–Kier alpha value is -0.120. The van der Waals surface area contributed by atoms with Crippen molar-refractivity contribution in [3.8, 4) is 0 Å². The topological polar surface area (TPSA) is 32.5 Å². The van der Waals surface area contributed by atoms with Crippen molar-refractivity contribution in [1.82, 2.24) is 9.80 Å². The largest absolute Gasteiger partial charge is 0.326 e. The van der Waals surface area contributed by atoms with Gasteiger partial charge in [-0.3, -0.25) is 0 Å². The quantitative estimate of drug-likeness (QED) is 0.739. The Bertz CT molecular complexity index is 182. The van der Waals surface area contributed by atoms with Gasteiger partial charge >= 0.3 is 0 Å². The highest BCUT2D eigenvalue weighted by Crippen LogP contribution is 2.15. The van der Waals surface area contributed by atoms with Gasteiger partial charge in [0.05, 0.1) is 0 Å². The van der Waals surface area contributed by atoms with E-state index in [4.69, 9.17) is 5.73 Å². The fourth-order valence-corrected chi connectivity index (χ4v) is 2.18. The summed E-state index contributed by atoms with van der Waals surface area (Å²) in [6.07, 6.45) is 2.48. The maximum absolute atomic E-state index is 6.17. The Labute approximate surface area is 94.6 Å². The van der Waals surface area contributed by atoms with Crippen molar-refractivity contribution in [3.63, 3.8) is 0 Å². The van der Waals surface area contributed by atoms with Crippen LogP contribution in [-0.4, -0.2) is 55.6 Å². The normalized spacial score (nSPS) is 27.2. The van der Waals surface area contributed by atoms with Gasteiger partial charge in [-0.25, -0.2) is 0 Å². The van der Waals surface area contributed by atoms with Crippen molar-refractivity contribution >= 4 is 0 Å². The average Bonchev–Trinajstić information content (AvgIpc) is 2.65. The van der Waals surface area contributed by atoms with E-state index in [0.717, 1.165) is 12.6 Å². The summed E-state index contributed by atoms with van der Waals surface area (Å²) in [5.74, 6) is 0.642. The second-order valence-corrected chi connectivity index (χ2v) is 5.22. The van der Waals surface area contributed by atoms with E-state index >= 15 is 0 Å². The summed E-state index contributed by atoms with van der Waals surface area (Å²) in [4.78, 5) is 4.84. The van der Waals surface area contributed by atoms with Crippen LogP contribution < -0.4 is 5.73 Å². The third-order valence-electron chi connectivity index (χ3n) is 3.82. The first-order valence-corrected chi connectivity index (χ1v) is 6.19. The third kappa shape index (κ3) is 3.74. The molecule has 0 amide bonds. The minimum Gasteiger partial charge on any atom is -0.326 e. The van der Waals surface area contributed by atoms with Crippen LogP contribution in [0.15, 0.2) is 0 Å². The Morgan fingerprint density at radius 2 is 2.13 bits per heavy atom. The minimum atomic E-state index is 0.343. The summed E-state index contributed by atoms with van der Waals surface area (Å²) in [5.41, 5.74) is 6.17. The lowest BCUT2D eigenvalue weighted by atomic mass is 10.00. The van der Waals surface area contributed by atoms with Gasteiger partial charge in [-0.15, -0.1) is 0 Å². The summed E-state index contributed by atoms with van der Waals surface area (Å²) in [6, 6.07) is 1.07. The number of nitrogens with zero attached hydrogens (tertiary/aromatic N) is 2. The Morgan fingerprint density at radius 3 is 2.60 bits per heavy atom. The predicted molar refractivity (Wildman–Crippen MR) is 66.0 cm³/mol. The van der Waals surface area contributed by atoms with Crippen LogP contribution in [0, 0.1) is 5.92 Å². The molecule has 3 heteroatoms. The van der Waals surface area contributed by atoms with Gasteiger partial charge < -0.3 is 15.5 Å². The molecule has 1 saturated heterocycles. The first kappa shape index (κ1) is 12.9. The molecule has 1 fully saturated rings. The molecule has 90 valence electrons. The highest BCUT2D eigenvalue weighted by atomic mass is 15.2. The van der Waals surface area contributed by atoms with Gasteiger partial charge in [0.1, 0.15) is 0 Å². The van der Waals surface area contributed by atoms with Crippen LogP contribution in [0.2, 0.25) is 0 Å². The van der Waals surface area contributed by atoms with Gasteiger partial charge in [0.25, 0.3) is 0 Å². The monoisotopic (exact) mass is 213 g/mol. The highest BCUT2D eigenvalue weighted by Gasteiger charge is 2.25. The molecular weight excluding hydrogens is 186 g/mol. The van der Waals surface area contributed by atoms with E-state index < -0.39 is 0 Å². The van der Waals surface area contributed by atoms with E-state index in [0.29, 0.717) is 12.0 Å². The third-order valence-corrected chi connectivity index (χ3v) is 3.82. The van der Waals surface area contributed by atoms with E-state index in [9.17, 15) is 0 Å². The Kier molecular flexibility index (Phi) is 5.03. The molecule has 1 rings (SSSR count). The number of nitrogens with two attached hydrogens (primary N) is 1. The van der Waals surface area contributed by atoms with Crippen LogP contribution in [-0.2, 0) is 0 Å². The van der Waals surface area contributed by atoms with E-state index in [2.05, 4.69) is 37.7 Å². The van der Waals surface area contributed by atoms with Crippen molar-refractivity contribution in [2.75, 3.05) is 33.7 Å². The molecule has 0 aromatic carbocycles. The Balaban J connectivity index is 2.29. The number of likely N-dealkylation sites (N-methyl/N-ethyl adjacent to an activating group) is 1. The maximum atomic E-state index is 6.17. The second kappa shape index (κ2) is 5.83. The van der Waals surface area contributed by atoms with Crippen LogP contribution in [0.3, 0.4) is 0 Å². The molecule has 0 saturated carbocycles. The highest BCUT2D eigenvalue weighted by molar-refractivity contribution is 4.83. The van der Waals surface area contributed by atoms with Crippen LogP contribution >= 0.6 is 0 Å². The molecule has 3 atom stereocenters. The molecular formula is C12H27N3. The first-order chi connectivity index (χ1) is 7.04. The minimum absolute atomic E-state index is 0.343. The molecule has 0 bridgehead atoms. The van der Waals surface area contributed by atoms with Gasteiger partial charge in [-0.05, 0) is 33.0 Å². The number of hydrogen-bond acceptors (Lipinski definition) is 3. The number of hydrogen-bond donors (Lipinski definition) is 1. The van der Waals surface area contributed by atoms with Crippen LogP contribution in [0.1, 0.15) is 26.7 Å². The summed E-state index contributed by atoms with van der Waals surface area (Å²) in [7, 11) is 4.34. The SMILES string of the molecule is CCC(C)C(N)CN1CCC(N(C)C)C1. The summed E-state index contributed by atoms with van der Waals surface area (Å²) >= 11 is 0. The average molecular weight is 213 g/mol. The van der Waals surface area contributed by atoms with Gasteiger partial charge in [-0.1, -0.05) is 20.3 Å². The van der Waals surface area contributed by atoms with Crippen molar-refractivity contribution < 1.29 is 0 Å². The summed E-state index contributed by atoms with van der Waals surface area (Å²) in [5, 5.41) is 0. The molecule has 2 N–H and O–H groups in total. The molecule has 3 nitrogen and oxygen atoms in total. The maximum Gasteiger partial charge on any atom is 0.0229 e. The lowest BCUT2D eigenvalue weighted by Gasteiger charge is -2.25. The molecule has 15 heavy (non-hydrogen) atoms. The van der Waals surface area contributed by atoms with E-state index in [1.165, 1.54) is 25.9 Å². The van der Waals surface area contributed by atoms with Crippen molar-refractivity contribution in [1.29, 1.82) is 0 Å². The van der Waals surface area contributed by atoms with E-state index in [1.807, 2.05) is 0 Å².